The predicted molar refractivity (Wildman–Crippen MR) is 101 cm³/mol. The number of aromatic amines is 1. The first-order valence-electron chi connectivity index (χ1n) is 8.85. The number of furan rings is 1. The van der Waals surface area contributed by atoms with E-state index in [2.05, 4.69) is 10.3 Å². The van der Waals surface area contributed by atoms with Crippen LogP contribution in [0.4, 0.5) is 20.2 Å². The van der Waals surface area contributed by atoms with Crippen LogP contribution in [0.1, 0.15) is 23.2 Å². The van der Waals surface area contributed by atoms with E-state index in [1.165, 1.54) is 18.4 Å². The molecule has 1 aliphatic rings. The second kappa shape index (κ2) is 7.30. The smallest absolute Gasteiger partial charge is 0.261 e. The van der Waals surface area contributed by atoms with Gasteiger partial charge in [0.25, 0.3) is 11.5 Å². The van der Waals surface area contributed by atoms with E-state index in [0.717, 1.165) is 25.0 Å². The summed E-state index contributed by atoms with van der Waals surface area (Å²) in [7, 11) is 0. The van der Waals surface area contributed by atoms with E-state index in [1.54, 1.807) is 17.0 Å². The van der Waals surface area contributed by atoms with Gasteiger partial charge in [0.2, 0.25) is 0 Å². The highest BCUT2D eigenvalue weighted by atomic mass is 19.1. The number of hydrogen-bond acceptors (Lipinski definition) is 4. The molecule has 8 heteroatoms. The van der Waals surface area contributed by atoms with Crippen molar-refractivity contribution in [2.24, 2.45) is 0 Å². The van der Waals surface area contributed by atoms with Gasteiger partial charge < -0.3 is 19.6 Å². The largest absolute Gasteiger partial charge is 0.463 e. The predicted octanol–water partition coefficient (Wildman–Crippen LogP) is 3.77. The van der Waals surface area contributed by atoms with Gasteiger partial charge >= 0.3 is 0 Å². The summed E-state index contributed by atoms with van der Waals surface area (Å²) in [5.41, 5.74) is -0.548. The second-order valence-electron chi connectivity index (χ2n) is 6.53. The van der Waals surface area contributed by atoms with Crippen LogP contribution >= 0.6 is 0 Å². The van der Waals surface area contributed by atoms with Gasteiger partial charge in [-0.1, -0.05) is 0 Å². The molecular weight excluding hydrogens is 368 g/mol. The molecule has 0 spiro atoms. The number of amides is 1. The van der Waals surface area contributed by atoms with Crippen LogP contribution in [0.25, 0.3) is 11.5 Å². The van der Waals surface area contributed by atoms with Crippen molar-refractivity contribution in [2.75, 3.05) is 23.3 Å². The number of benzene rings is 1. The fourth-order valence-electron chi connectivity index (χ4n) is 3.31. The monoisotopic (exact) mass is 385 g/mol. The molecule has 1 aromatic carbocycles. The molecule has 0 radical (unpaired) electrons. The van der Waals surface area contributed by atoms with E-state index < -0.39 is 23.1 Å². The molecule has 144 valence electrons. The molecule has 0 saturated carbocycles. The maximum absolute atomic E-state index is 14.4. The molecule has 2 aromatic heterocycles. The molecule has 3 aromatic rings. The first-order valence-corrected chi connectivity index (χ1v) is 8.85. The van der Waals surface area contributed by atoms with E-state index >= 15 is 0 Å². The van der Waals surface area contributed by atoms with Gasteiger partial charge in [-0.05, 0) is 49.2 Å². The van der Waals surface area contributed by atoms with Gasteiger partial charge in [0.05, 0.1) is 12.0 Å². The Morgan fingerprint density at radius 3 is 2.43 bits per heavy atom. The molecule has 0 bridgehead atoms. The highest BCUT2D eigenvalue weighted by molar-refractivity contribution is 6.04. The van der Waals surface area contributed by atoms with Crippen molar-refractivity contribution in [1.29, 1.82) is 0 Å². The van der Waals surface area contributed by atoms with Crippen LogP contribution in [0, 0.1) is 11.6 Å². The highest BCUT2D eigenvalue weighted by Gasteiger charge is 2.22. The van der Waals surface area contributed by atoms with Crippen molar-refractivity contribution in [3.63, 3.8) is 0 Å². The van der Waals surface area contributed by atoms with Crippen LogP contribution in [0.15, 0.2) is 51.9 Å². The number of H-pyrrole nitrogens is 1. The molecule has 6 nitrogen and oxygen atoms in total. The summed E-state index contributed by atoms with van der Waals surface area (Å²) in [4.78, 5) is 28.8. The summed E-state index contributed by atoms with van der Waals surface area (Å²) in [5, 5.41) is 2.37. The van der Waals surface area contributed by atoms with Gasteiger partial charge in [0, 0.05) is 18.8 Å². The molecule has 0 atom stereocenters. The van der Waals surface area contributed by atoms with Gasteiger partial charge in [-0.3, -0.25) is 9.59 Å². The summed E-state index contributed by atoms with van der Waals surface area (Å²) in [6, 6.07) is 8.30. The van der Waals surface area contributed by atoms with Crippen LogP contribution < -0.4 is 15.8 Å². The summed E-state index contributed by atoms with van der Waals surface area (Å²) < 4.78 is 34.0. The zero-order chi connectivity index (χ0) is 19.7. The van der Waals surface area contributed by atoms with Crippen LogP contribution in [0.5, 0.6) is 0 Å². The molecule has 2 N–H and O–H groups in total. The van der Waals surface area contributed by atoms with E-state index in [-0.39, 0.29) is 16.9 Å². The third-order valence-electron chi connectivity index (χ3n) is 4.64. The normalized spacial score (nSPS) is 13.7. The first kappa shape index (κ1) is 18.0. The maximum Gasteiger partial charge on any atom is 0.261 e. The zero-order valence-electron chi connectivity index (χ0n) is 14.8. The number of nitrogens with one attached hydrogen (secondary N) is 2. The third-order valence-corrected chi connectivity index (χ3v) is 4.64. The fraction of sp³-hybridized carbons (Fsp3) is 0.200. The van der Waals surface area contributed by atoms with E-state index in [1.807, 2.05) is 0 Å². The van der Waals surface area contributed by atoms with Crippen molar-refractivity contribution >= 4 is 17.3 Å². The molecule has 1 fully saturated rings. The number of anilines is 2. The number of halogens is 2. The van der Waals surface area contributed by atoms with Gasteiger partial charge in [-0.2, -0.15) is 0 Å². The fourth-order valence-corrected chi connectivity index (χ4v) is 3.31. The van der Waals surface area contributed by atoms with Gasteiger partial charge in [0.15, 0.2) is 11.6 Å². The summed E-state index contributed by atoms with van der Waals surface area (Å²) >= 11 is 0. The molecule has 3 heterocycles. The van der Waals surface area contributed by atoms with E-state index in [0.29, 0.717) is 24.5 Å². The Balaban J connectivity index is 1.56. The van der Waals surface area contributed by atoms with E-state index in [4.69, 9.17) is 4.42 Å². The number of carbonyl (C=O) groups excluding carboxylic acids is 1. The average molecular weight is 385 g/mol. The standard InChI is InChI=1S/C20H17F2N3O3/c21-14-10-12(11-15(22)18(14)25-7-1-2-8-25)23-19(26)13-5-6-16(24-20(13)27)17-4-3-9-28-17/h3-6,9-11H,1-2,7-8H2,(H,23,26)(H,24,27). The zero-order valence-corrected chi connectivity index (χ0v) is 14.8. The number of hydrogen-bond donors (Lipinski definition) is 2. The summed E-state index contributed by atoms with van der Waals surface area (Å²) in [5.74, 6) is -1.82. The minimum atomic E-state index is -0.764. The first-order chi connectivity index (χ1) is 13.5. The number of carbonyl (C=O) groups is 1. The minimum Gasteiger partial charge on any atom is -0.463 e. The van der Waals surface area contributed by atoms with Crippen molar-refractivity contribution in [2.45, 2.75) is 12.8 Å². The van der Waals surface area contributed by atoms with Crippen LogP contribution in [-0.2, 0) is 0 Å². The molecule has 0 unspecified atom stereocenters. The Hall–Kier alpha value is -3.42. The Bertz CT molecular complexity index is 1050. The van der Waals surface area contributed by atoms with Crippen molar-refractivity contribution in [1.82, 2.24) is 4.98 Å². The minimum absolute atomic E-state index is 0.0579. The lowest BCUT2D eigenvalue weighted by Gasteiger charge is -2.19. The van der Waals surface area contributed by atoms with Crippen molar-refractivity contribution in [3.05, 3.63) is 70.2 Å². The number of aromatic nitrogens is 1. The second-order valence-corrected chi connectivity index (χ2v) is 6.53. The lowest BCUT2D eigenvalue weighted by Crippen LogP contribution is -2.24. The van der Waals surface area contributed by atoms with Gasteiger partial charge in [-0.15, -0.1) is 0 Å². The molecule has 1 aliphatic heterocycles. The van der Waals surface area contributed by atoms with Crippen LogP contribution in [0.3, 0.4) is 0 Å². The lowest BCUT2D eigenvalue weighted by atomic mass is 10.2. The molecular formula is C20H17F2N3O3. The van der Waals surface area contributed by atoms with Crippen LogP contribution in [0.2, 0.25) is 0 Å². The molecule has 28 heavy (non-hydrogen) atoms. The quantitative estimate of drug-likeness (QED) is 0.717. The molecule has 1 saturated heterocycles. The Morgan fingerprint density at radius 2 is 1.82 bits per heavy atom. The highest BCUT2D eigenvalue weighted by Crippen LogP contribution is 2.29. The third kappa shape index (κ3) is 3.40. The van der Waals surface area contributed by atoms with E-state index in [9.17, 15) is 18.4 Å². The Morgan fingerprint density at radius 1 is 1.11 bits per heavy atom. The number of nitrogens with zero attached hydrogens (tertiary/aromatic N) is 1. The maximum atomic E-state index is 14.4. The Kier molecular flexibility index (Phi) is 4.68. The topological polar surface area (TPSA) is 78.3 Å². The summed E-state index contributed by atoms with van der Waals surface area (Å²) in [6.45, 7) is 1.19. The average Bonchev–Trinajstić information content (AvgIpc) is 3.35. The van der Waals surface area contributed by atoms with Crippen molar-refractivity contribution < 1.29 is 18.0 Å². The van der Waals surface area contributed by atoms with Crippen molar-refractivity contribution in [3.8, 4) is 11.5 Å². The van der Waals surface area contributed by atoms with Gasteiger partial charge in [0.1, 0.15) is 17.0 Å². The lowest BCUT2D eigenvalue weighted by molar-refractivity contribution is 0.102. The van der Waals surface area contributed by atoms with Crippen LogP contribution in [-0.4, -0.2) is 24.0 Å². The van der Waals surface area contributed by atoms with Gasteiger partial charge in [-0.25, -0.2) is 8.78 Å². The molecule has 4 rings (SSSR count). The number of rotatable bonds is 4. The molecule has 1 amide bonds. The number of pyridine rings is 1. The molecule has 0 aliphatic carbocycles. The Labute approximate surface area is 158 Å². The summed E-state index contributed by atoms with van der Waals surface area (Å²) in [6.07, 6.45) is 3.23. The SMILES string of the molecule is O=C(Nc1cc(F)c(N2CCCC2)c(F)c1)c1ccc(-c2ccco2)[nH]c1=O.